The van der Waals surface area contributed by atoms with Crippen LogP contribution in [0.5, 0.6) is 0 Å². The van der Waals surface area contributed by atoms with Crippen LogP contribution in [0, 0.1) is 0 Å². The van der Waals surface area contributed by atoms with Crippen molar-refractivity contribution in [3.05, 3.63) is 0 Å². The SMILES string of the molecule is Br.CCCCOP(=O)(O)OCCCC. The molecule has 0 aromatic carbocycles. The van der Waals surface area contributed by atoms with Crippen LogP contribution in [0.25, 0.3) is 0 Å². The summed E-state index contributed by atoms with van der Waals surface area (Å²) in [6.07, 6.45) is 3.44. The molecule has 0 aromatic rings. The van der Waals surface area contributed by atoms with E-state index < -0.39 is 7.82 Å². The fourth-order valence-electron chi connectivity index (χ4n) is 0.686. The fraction of sp³-hybridized carbons (Fsp3) is 1.00. The van der Waals surface area contributed by atoms with Gasteiger partial charge in [-0.2, -0.15) is 0 Å². The highest BCUT2D eigenvalue weighted by Crippen LogP contribution is 2.43. The zero-order chi connectivity index (χ0) is 10.2. The predicted molar refractivity (Wildman–Crippen MR) is 61.9 cm³/mol. The minimum atomic E-state index is -3.75. The van der Waals surface area contributed by atoms with Crippen molar-refractivity contribution < 1.29 is 18.5 Å². The van der Waals surface area contributed by atoms with Crippen molar-refractivity contribution in [1.82, 2.24) is 0 Å². The molecule has 0 aliphatic carbocycles. The van der Waals surface area contributed by atoms with E-state index in [9.17, 15) is 4.57 Å². The normalized spacial score (nSPS) is 11.1. The summed E-state index contributed by atoms with van der Waals surface area (Å²) in [6.45, 7) is 4.56. The lowest BCUT2D eigenvalue weighted by molar-refractivity contribution is 0.146. The molecule has 6 heteroatoms. The number of hydrogen-bond donors (Lipinski definition) is 1. The molecule has 88 valence electrons. The van der Waals surface area contributed by atoms with Crippen LogP contribution in [0.4, 0.5) is 0 Å². The van der Waals surface area contributed by atoms with E-state index in [4.69, 9.17) is 13.9 Å². The zero-order valence-corrected chi connectivity index (χ0v) is 11.4. The van der Waals surface area contributed by atoms with Crippen LogP contribution in [-0.2, 0) is 13.6 Å². The molecule has 0 heterocycles. The molecule has 0 fully saturated rings. The van der Waals surface area contributed by atoms with Gasteiger partial charge in [-0.3, -0.25) is 9.05 Å². The van der Waals surface area contributed by atoms with Gasteiger partial charge in [0.1, 0.15) is 0 Å². The fourth-order valence-corrected chi connectivity index (χ4v) is 1.48. The van der Waals surface area contributed by atoms with Gasteiger partial charge in [0.05, 0.1) is 13.2 Å². The Balaban J connectivity index is 0. The van der Waals surface area contributed by atoms with Gasteiger partial charge in [-0.1, -0.05) is 26.7 Å². The van der Waals surface area contributed by atoms with E-state index in [0.717, 1.165) is 25.7 Å². The number of phosphoric acid groups is 1. The number of halogens is 1. The van der Waals surface area contributed by atoms with Gasteiger partial charge in [0.15, 0.2) is 0 Å². The molecular weight excluding hydrogens is 271 g/mol. The molecule has 1 N–H and O–H groups in total. The lowest BCUT2D eigenvalue weighted by atomic mass is 10.4. The van der Waals surface area contributed by atoms with Crippen LogP contribution in [-0.4, -0.2) is 18.1 Å². The Morgan fingerprint density at radius 2 is 1.43 bits per heavy atom. The summed E-state index contributed by atoms with van der Waals surface area (Å²) in [5, 5.41) is 0. The van der Waals surface area contributed by atoms with Gasteiger partial charge < -0.3 is 4.89 Å². The first kappa shape index (κ1) is 17.0. The first-order valence-corrected chi connectivity index (χ1v) is 6.23. The number of hydrogen-bond acceptors (Lipinski definition) is 3. The average Bonchev–Trinajstić information content (AvgIpc) is 2.05. The minimum Gasteiger partial charge on any atom is -0.302 e. The largest absolute Gasteiger partial charge is 0.472 e. The molecule has 0 radical (unpaired) electrons. The predicted octanol–water partition coefficient (Wildman–Crippen LogP) is 3.30. The van der Waals surface area contributed by atoms with Gasteiger partial charge in [-0.25, -0.2) is 4.57 Å². The third-order valence-electron chi connectivity index (χ3n) is 1.50. The third-order valence-corrected chi connectivity index (χ3v) is 2.52. The van der Waals surface area contributed by atoms with E-state index in [0.29, 0.717) is 0 Å². The minimum absolute atomic E-state index is 0. The summed E-state index contributed by atoms with van der Waals surface area (Å²) in [5.41, 5.74) is 0. The first-order valence-electron chi connectivity index (χ1n) is 4.74. The molecule has 14 heavy (non-hydrogen) atoms. The Bertz CT molecular complexity index is 151. The zero-order valence-electron chi connectivity index (χ0n) is 8.77. The van der Waals surface area contributed by atoms with Crippen molar-refractivity contribution in [2.24, 2.45) is 0 Å². The first-order chi connectivity index (χ1) is 6.12. The molecule has 0 aliphatic rings. The highest BCUT2D eigenvalue weighted by Gasteiger charge is 2.19. The van der Waals surface area contributed by atoms with Crippen molar-refractivity contribution in [3.8, 4) is 0 Å². The maximum atomic E-state index is 11.1. The van der Waals surface area contributed by atoms with Gasteiger partial charge in [-0.05, 0) is 12.8 Å². The molecule has 0 saturated carbocycles. The Hall–Kier alpha value is 0.590. The van der Waals surface area contributed by atoms with Gasteiger partial charge in [0.25, 0.3) is 0 Å². The van der Waals surface area contributed by atoms with Gasteiger partial charge >= 0.3 is 7.82 Å². The van der Waals surface area contributed by atoms with Crippen LogP contribution in [0.2, 0.25) is 0 Å². The van der Waals surface area contributed by atoms with E-state index in [2.05, 4.69) is 0 Å². The lowest BCUT2D eigenvalue weighted by Crippen LogP contribution is -1.98. The van der Waals surface area contributed by atoms with Crippen molar-refractivity contribution in [3.63, 3.8) is 0 Å². The molecule has 0 aliphatic heterocycles. The van der Waals surface area contributed by atoms with Crippen molar-refractivity contribution in [2.45, 2.75) is 39.5 Å². The van der Waals surface area contributed by atoms with E-state index in [1.54, 1.807) is 0 Å². The van der Waals surface area contributed by atoms with E-state index in [-0.39, 0.29) is 30.2 Å². The second-order valence-corrected chi connectivity index (χ2v) is 4.30. The summed E-state index contributed by atoms with van der Waals surface area (Å²) >= 11 is 0. The standard InChI is InChI=1S/C8H19O4P.BrH/c1-3-5-7-11-13(9,10)12-8-6-4-2;/h3-8H2,1-2H3,(H,9,10);1H. The molecule has 0 saturated heterocycles. The van der Waals surface area contributed by atoms with Crippen LogP contribution < -0.4 is 0 Å². The molecule has 4 nitrogen and oxygen atoms in total. The Kier molecular flexibility index (Phi) is 12.3. The summed E-state index contributed by atoms with van der Waals surface area (Å²) < 4.78 is 20.5. The van der Waals surface area contributed by atoms with Crippen molar-refractivity contribution in [2.75, 3.05) is 13.2 Å². The monoisotopic (exact) mass is 290 g/mol. The van der Waals surface area contributed by atoms with Crippen LogP contribution in [0.1, 0.15) is 39.5 Å². The number of phosphoric ester groups is 1. The lowest BCUT2D eigenvalue weighted by Gasteiger charge is -2.10. The van der Waals surface area contributed by atoms with Crippen molar-refractivity contribution >= 4 is 24.8 Å². The molecule has 0 bridgehead atoms. The quantitative estimate of drug-likeness (QED) is 0.550. The molecular formula is C8H20BrO4P. The topological polar surface area (TPSA) is 55.8 Å². The molecule has 0 rings (SSSR count). The second kappa shape index (κ2) is 10.1. The smallest absolute Gasteiger partial charge is 0.302 e. The molecule has 0 amide bonds. The maximum absolute atomic E-state index is 11.1. The van der Waals surface area contributed by atoms with Gasteiger partial charge in [-0.15, -0.1) is 17.0 Å². The summed E-state index contributed by atoms with van der Waals surface area (Å²) in [7, 11) is -3.75. The van der Waals surface area contributed by atoms with Crippen LogP contribution >= 0.6 is 24.8 Å². The van der Waals surface area contributed by atoms with Crippen LogP contribution in [0.3, 0.4) is 0 Å². The maximum Gasteiger partial charge on any atom is 0.472 e. The van der Waals surface area contributed by atoms with E-state index in [1.165, 1.54) is 0 Å². The summed E-state index contributed by atoms with van der Waals surface area (Å²) in [6, 6.07) is 0. The average molecular weight is 291 g/mol. The Labute approximate surface area is 96.4 Å². The Morgan fingerprint density at radius 3 is 1.71 bits per heavy atom. The summed E-state index contributed by atoms with van der Waals surface area (Å²) in [4.78, 5) is 9.08. The molecule has 0 atom stereocenters. The molecule has 0 unspecified atom stereocenters. The third kappa shape index (κ3) is 10.7. The van der Waals surface area contributed by atoms with Crippen LogP contribution in [0.15, 0.2) is 0 Å². The van der Waals surface area contributed by atoms with E-state index >= 15 is 0 Å². The molecule has 0 spiro atoms. The van der Waals surface area contributed by atoms with Crippen molar-refractivity contribution in [1.29, 1.82) is 0 Å². The summed E-state index contributed by atoms with van der Waals surface area (Å²) in [5.74, 6) is 0. The van der Waals surface area contributed by atoms with Gasteiger partial charge in [0.2, 0.25) is 0 Å². The molecule has 0 aromatic heterocycles. The number of unbranched alkanes of at least 4 members (excludes halogenated alkanes) is 2. The highest BCUT2D eigenvalue weighted by molar-refractivity contribution is 8.93. The number of rotatable bonds is 8. The second-order valence-electron chi connectivity index (χ2n) is 2.84. The van der Waals surface area contributed by atoms with E-state index in [1.807, 2.05) is 13.8 Å². The van der Waals surface area contributed by atoms with Gasteiger partial charge in [0, 0.05) is 0 Å². The highest BCUT2D eigenvalue weighted by atomic mass is 79.9. The Morgan fingerprint density at radius 1 is 1.07 bits per heavy atom.